The van der Waals surface area contributed by atoms with E-state index in [1.807, 2.05) is 23.6 Å². The SMILES string of the molecule is CCOC(=O)/C(=C/c1cccs1)C(=O)c1ccccc1. The van der Waals surface area contributed by atoms with Gasteiger partial charge >= 0.3 is 5.97 Å². The molecule has 0 aliphatic rings. The van der Waals surface area contributed by atoms with E-state index in [4.69, 9.17) is 4.74 Å². The summed E-state index contributed by atoms with van der Waals surface area (Å²) in [6, 6.07) is 12.4. The van der Waals surface area contributed by atoms with Gasteiger partial charge in [-0.05, 0) is 24.4 Å². The van der Waals surface area contributed by atoms with Crippen LogP contribution in [0.1, 0.15) is 22.2 Å². The van der Waals surface area contributed by atoms with Gasteiger partial charge in [0, 0.05) is 10.4 Å². The number of benzene rings is 1. The summed E-state index contributed by atoms with van der Waals surface area (Å²) in [6.07, 6.45) is 1.58. The van der Waals surface area contributed by atoms with E-state index in [0.717, 1.165) is 4.88 Å². The quantitative estimate of drug-likeness (QED) is 0.277. The van der Waals surface area contributed by atoms with Gasteiger partial charge in [-0.15, -0.1) is 11.3 Å². The molecule has 1 aromatic carbocycles. The molecule has 0 atom stereocenters. The molecule has 2 rings (SSSR count). The number of ether oxygens (including phenoxy) is 1. The molecular weight excluding hydrogens is 272 g/mol. The first-order valence-corrected chi connectivity index (χ1v) is 7.12. The minimum Gasteiger partial charge on any atom is -0.462 e. The Morgan fingerprint density at radius 1 is 1.15 bits per heavy atom. The summed E-state index contributed by atoms with van der Waals surface area (Å²) in [5.41, 5.74) is 0.531. The van der Waals surface area contributed by atoms with Crippen molar-refractivity contribution in [3.8, 4) is 0 Å². The van der Waals surface area contributed by atoms with Gasteiger partial charge in [0.2, 0.25) is 0 Å². The number of carbonyl (C=O) groups is 2. The molecule has 0 unspecified atom stereocenters. The van der Waals surface area contributed by atoms with Crippen LogP contribution in [-0.2, 0) is 9.53 Å². The van der Waals surface area contributed by atoms with Crippen molar-refractivity contribution in [1.29, 1.82) is 0 Å². The van der Waals surface area contributed by atoms with E-state index in [0.29, 0.717) is 5.56 Å². The maximum atomic E-state index is 12.4. The Labute approximate surface area is 121 Å². The fourth-order valence-electron chi connectivity index (χ4n) is 1.69. The molecule has 0 amide bonds. The maximum Gasteiger partial charge on any atom is 0.342 e. The molecule has 0 saturated heterocycles. The molecule has 3 nitrogen and oxygen atoms in total. The number of esters is 1. The van der Waals surface area contributed by atoms with Crippen LogP contribution >= 0.6 is 11.3 Å². The van der Waals surface area contributed by atoms with Gasteiger partial charge in [-0.3, -0.25) is 4.79 Å². The molecule has 2 aromatic rings. The zero-order valence-electron chi connectivity index (χ0n) is 11.0. The van der Waals surface area contributed by atoms with Crippen molar-refractivity contribution >= 4 is 29.2 Å². The van der Waals surface area contributed by atoms with Crippen molar-refractivity contribution in [3.63, 3.8) is 0 Å². The van der Waals surface area contributed by atoms with Crippen molar-refractivity contribution in [2.75, 3.05) is 6.61 Å². The van der Waals surface area contributed by atoms with Gasteiger partial charge in [0.1, 0.15) is 5.57 Å². The highest BCUT2D eigenvalue weighted by molar-refractivity contribution is 7.10. The minimum absolute atomic E-state index is 0.0560. The fourth-order valence-corrected chi connectivity index (χ4v) is 2.34. The topological polar surface area (TPSA) is 43.4 Å². The van der Waals surface area contributed by atoms with Gasteiger partial charge in [-0.2, -0.15) is 0 Å². The lowest BCUT2D eigenvalue weighted by Gasteiger charge is -2.06. The number of hydrogen-bond acceptors (Lipinski definition) is 4. The molecule has 4 heteroatoms. The molecule has 0 aliphatic heterocycles. The van der Waals surface area contributed by atoms with Crippen LogP contribution in [0.15, 0.2) is 53.4 Å². The highest BCUT2D eigenvalue weighted by Crippen LogP contribution is 2.17. The van der Waals surface area contributed by atoms with Crippen LogP contribution in [0.3, 0.4) is 0 Å². The number of hydrogen-bond donors (Lipinski definition) is 0. The van der Waals surface area contributed by atoms with E-state index in [-0.39, 0.29) is 18.0 Å². The highest BCUT2D eigenvalue weighted by Gasteiger charge is 2.21. The summed E-state index contributed by atoms with van der Waals surface area (Å²) in [7, 11) is 0. The number of carbonyl (C=O) groups excluding carboxylic acids is 2. The van der Waals surface area contributed by atoms with Crippen LogP contribution < -0.4 is 0 Å². The van der Waals surface area contributed by atoms with Crippen LogP contribution in [0.2, 0.25) is 0 Å². The third-order valence-corrected chi connectivity index (χ3v) is 3.43. The Bertz CT molecular complexity index is 612. The van der Waals surface area contributed by atoms with E-state index in [2.05, 4.69) is 0 Å². The number of thiophene rings is 1. The standard InChI is InChI=1S/C16H14O3S/c1-2-19-16(18)14(11-13-9-6-10-20-13)15(17)12-7-4-3-5-8-12/h3-11H,2H2,1H3/b14-11+. The maximum absolute atomic E-state index is 12.4. The van der Waals surface area contributed by atoms with Crippen molar-refractivity contribution in [1.82, 2.24) is 0 Å². The van der Waals surface area contributed by atoms with Gasteiger partial charge in [0.05, 0.1) is 6.61 Å². The number of ketones is 1. The largest absolute Gasteiger partial charge is 0.462 e. The van der Waals surface area contributed by atoms with Gasteiger partial charge in [0.25, 0.3) is 0 Å². The van der Waals surface area contributed by atoms with Crippen LogP contribution in [0.25, 0.3) is 6.08 Å². The van der Waals surface area contributed by atoms with Crippen molar-refractivity contribution in [3.05, 3.63) is 63.9 Å². The molecule has 0 bridgehead atoms. The average molecular weight is 286 g/mol. The molecule has 0 aliphatic carbocycles. The Morgan fingerprint density at radius 3 is 2.50 bits per heavy atom. The van der Waals surface area contributed by atoms with E-state index in [1.165, 1.54) is 11.3 Å². The Hall–Kier alpha value is -2.20. The molecule has 0 N–H and O–H groups in total. The molecule has 102 valence electrons. The molecule has 0 spiro atoms. The molecule has 20 heavy (non-hydrogen) atoms. The zero-order valence-corrected chi connectivity index (χ0v) is 11.9. The summed E-state index contributed by atoms with van der Waals surface area (Å²) in [5, 5.41) is 1.89. The third kappa shape index (κ3) is 3.42. The van der Waals surface area contributed by atoms with E-state index in [9.17, 15) is 9.59 Å². The van der Waals surface area contributed by atoms with Gasteiger partial charge < -0.3 is 4.74 Å². The first-order chi connectivity index (χ1) is 9.72. The zero-order chi connectivity index (χ0) is 14.4. The predicted octanol–water partition coefficient (Wildman–Crippen LogP) is 3.58. The van der Waals surface area contributed by atoms with Crippen LogP contribution in [0.4, 0.5) is 0 Å². The van der Waals surface area contributed by atoms with Gasteiger partial charge in [0.15, 0.2) is 5.78 Å². The third-order valence-electron chi connectivity index (χ3n) is 2.61. The lowest BCUT2D eigenvalue weighted by molar-refractivity contribution is -0.137. The van der Waals surface area contributed by atoms with Crippen LogP contribution in [0.5, 0.6) is 0 Å². The smallest absolute Gasteiger partial charge is 0.342 e. The monoisotopic (exact) mass is 286 g/mol. The highest BCUT2D eigenvalue weighted by atomic mass is 32.1. The first kappa shape index (κ1) is 14.2. The van der Waals surface area contributed by atoms with Crippen LogP contribution in [0, 0.1) is 0 Å². The molecule has 0 fully saturated rings. The second kappa shape index (κ2) is 6.82. The van der Waals surface area contributed by atoms with Gasteiger partial charge in [-0.1, -0.05) is 36.4 Å². The second-order valence-corrected chi connectivity index (χ2v) is 4.97. The van der Waals surface area contributed by atoms with E-state index >= 15 is 0 Å². The van der Waals surface area contributed by atoms with E-state index in [1.54, 1.807) is 37.3 Å². The first-order valence-electron chi connectivity index (χ1n) is 6.24. The Morgan fingerprint density at radius 2 is 1.90 bits per heavy atom. The summed E-state index contributed by atoms with van der Waals surface area (Å²) in [4.78, 5) is 25.2. The summed E-state index contributed by atoms with van der Waals surface area (Å²) in [6.45, 7) is 1.95. The van der Waals surface area contributed by atoms with Crippen molar-refractivity contribution in [2.45, 2.75) is 6.92 Å². The summed E-state index contributed by atoms with van der Waals surface area (Å²) >= 11 is 1.46. The molecule has 0 radical (unpaired) electrons. The average Bonchev–Trinajstić information content (AvgIpc) is 2.98. The summed E-state index contributed by atoms with van der Waals surface area (Å²) in [5.74, 6) is -0.910. The Balaban J connectivity index is 2.37. The number of rotatable bonds is 5. The number of Topliss-reactive ketones (excluding diaryl/α,β-unsaturated/α-hetero) is 1. The molecule has 1 heterocycles. The molecule has 0 saturated carbocycles. The molecular formula is C16H14O3S. The lowest BCUT2D eigenvalue weighted by Crippen LogP contribution is -2.16. The van der Waals surface area contributed by atoms with E-state index < -0.39 is 5.97 Å². The van der Waals surface area contributed by atoms with Crippen LogP contribution in [-0.4, -0.2) is 18.4 Å². The predicted molar refractivity (Wildman–Crippen MR) is 79.7 cm³/mol. The lowest BCUT2D eigenvalue weighted by atomic mass is 10.0. The second-order valence-electron chi connectivity index (χ2n) is 3.99. The normalized spacial score (nSPS) is 11.2. The minimum atomic E-state index is -0.588. The van der Waals surface area contributed by atoms with Crippen molar-refractivity contribution < 1.29 is 14.3 Å². The molecule has 1 aromatic heterocycles. The van der Waals surface area contributed by atoms with Crippen molar-refractivity contribution in [2.24, 2.45) is 0 Å². The Kier molecular flexibility index (Phi) is 4.85. The fraction of sp³-hybridized carbons (Fsp3) is 0.125. The summed E-state index contributed by atoms with van der Waals surface area (Å²) < 4.78 is 4.97. The van der Waals surface area contributed by atoms with Gasteiger partial charge in [-0.25, -0.2) is 4.79 Å².